The quantitative estimate of drug-likeness (QED) is 0.864. The normalized spacial score (nSPS) is 21.2. The van der Waals surface area contributed by atoms with Gasteiger partial charge in [0.2, 0.25) is 0 Å². The molecule has 1 aromatic heterocycles. The van der Waals surface area contributed by atoms with Crippen molar-refractivity contribution in [1.29, 1.82) is 0 Å². The lowest BCUT2D eigenvalue weighted by atomic mass is 9.72. The van der Waals surface area contributed by atoms with Crippen molar-refractivity contribution < 1.29 is 4.74 Å². The second kappa shape index (κ2) is 7.08. The fraction of sp³-hybridized carbons (Fsp3) is 0.550. The van der Waals surface area contributed by atoms with Crippen LogP contribution in [-0.2, 0) is 17.8 Å². The van der Waals surface area contributed by atoms with E-state index in [-0.39, 0.29) is 0 Å². The zero-order valence-corrected chi connectivity index (χ0v) is 14.4. The van der Waals surface area contributed by atoms with Crippen LogP contribution in [0.5, 0.6) is 0 Å². The maximum absolute atomic E-state index is 5.56. The highest BCUT2D eigenvalue weighted by Crippen LogP contribution is 2.40. The molecule has 2 fully saturated rings. The van der Waals surface area contributed by atoms with Crippen molar-refractivity contribution in [2.45, 2.75) is 38.8 Å². The summed E-state index contributed by atoms with van der Waals surface area (Å²) in [6.45, 7) is 6.29. The Morgan fingerprint density at radius 3 is 2.29 bits per heavy atom. The lowest BCUT2D eigenvalue weighted by molar-refractivity contribution is -0.0218. The molecule has 0 saturated carbocycles. The zero-order valence-electron chi connectivity index (χ0n) is 14.4. The molecule has 0 amide bonds. The van der Waals surface area contributed by atoms with Crippen LogP contribution in [0.2, 0.25) is 0 Å². The van der Waals surface area contributed by atoms with Crippen molar-refractivity contribution in [3.05, 3.63) is 53.9 Å². The van der Waals surface area contributed by atoms with E-state index in [1.54, 1.807) is 0 Å². The van der Waals surface area contributed by atoms with Gasteiger partial charge in [-0.15, -0.1) is 0 Å². The Bertz CT molecular complexity index is 637. The summed E-state index contributed by atoms with van der Waals surface area (Å²) < 4.78 is 7.57. The van der Waals surface area contributed by atoms with Crippen LogP contribution in [0.1, 0.15) is 36.8 Å². The minimum atomic E-state index is 0.573. The third-order valence-electron chi connectivity index (χ3n) is 5.87. The maximum atomic E-state index is 5.56. The van der Waals surface area contributed by atoms with Gasteiger partial charge in [0, 0.05) is 32.2 Å². The number of likely N-dealkylation sites (tertiary alicyclic amines) is 1. The number of hydrogen-bond acceptors (Lipinski definition) is 3. The molecule has 2 saturated heterocycles. The topological polar surface area (TPSA) is 30.3 Å². The van der Waals surface area contributed by atoms with Gasteiger partial charge in [0.15, 0.2) is 0 Å². The van der Waals surface area contributed by atoms with Gasteiger partial charge >= 0.3 is 0 Å². The summed E-state index contributed by atoms with van der Waals surface area (Å²) in [6, 6.07) is 10.8. The van der Waals surface area contributed by atoms with Gasteiger partial charge in [0.05, 0.1) is 6.54 Å². The molecule has 2 aliphatic heterocycles. The molecular formula is C20H27N3O. The largest absolute Gasteiger partial charge is 0.381 e. The van der Waals surface area contributed by atoms with Gasteiger partial charge in [-0.25, -0.2) is 0 Å². The van der Waals surface area contributed by atoms with Crippen molar-refractivity contribution in [3.8, 4) is 0 Å². The Hall–Kier alpha value is -1.65. The molecule has 128 valence electrons. The minimum Gasteiger partial charge on any atom is -0.381 e. The first-order chi connectivity index (χ1) is 11.8. The summed E-state index contributed by atoms with van der Waals surface area (Å²) in [7, 11) is 0. The highest BCUT2D eigenvalue weighted by molar-refractivity contribution is 5.27. The van der Waals surface area contributed by atoms with Gasteiger partial charge in [-0.05, 0) is 61.4 Å². The smallest absolute Gasteiger partial charge is 0.0662 e. The summed E-state index contributed by atoms with van der Waals surface area (Å²) in [5, 5.41) is 4.35. The number of ether oxygens (including phenoxy) is 1. The highest BCUT2D eigenvalue weighted by Gasteiger charge is 2.35. The van der Waals surface area contributed by atoms with E-state index < -0.39 is 0 Å². The van der Waals surface area contributed by atoms with E-state index in [1.165, 1.54) is 49.9 Å². The summed E-state index contributed by atoms with van der Waals surface area (Å²) >= 11 is 0. The summed E-state index contributed by atoms with van der Waals surface area (Å²) in [4.78, 5) is 2.63. The van der Waals surface area contributed by atoms with Crippen LogP contribution < -0.4 is 0 Å². The molecule has 1 spiro atoms. The second-order valence-corrected chi connectivity index (χ2v) is 7.36. The Labute approximate surface area is 144 Å². The Kier molecular flexibility index (Phi) is 4.67. The molecule has 4 heteroatoms. The Morgan fingerprint density at radius 1 is 0.917 bits per heavy atom. The number of rotatable bonds is 4. The van der Waals surface area contributed by atoms with Crippen LogP contribution in [0, 0.1) is 5.41 Å². The molecular weight excluding hydrogens is 298 g/mol. The van der Waals surface area contributed by atoms with E-state index in [1.807, 2.05) is 23.1 Å². The zero-order chi connectivity index (χ0) is 16.2. The lowest BCUT2D eigenvalue weighted by Gasteiger charge is -2.44. The SMILES string of the molecule is c1ccc(Cn2cccn2)c(CN2CCC3(CCOCC3)CC2)c1. The standard InChI is InChI=1S/C20H27N3O/c1-2-5-19(17-23-11-3-10-21-23)18(4-1)16-22-12-6-20(7-13-22)8-14-24-15-9-20/h1-5,10-11H,6-9,12-17H2. The fourth-order valence-corrected chi connectivity index (χ4v) is 4.17. The number of hydrogen-bond donors (Lipinski definition) is 0. The number of piperidine rings is 1. The highest BCUT2D eigenvalue weighted by atomic mass is 16.5. The van der Waals surface area contributed by atoms with Gasteiger partial charge in [-0.1, -0.05) is 24.3 Å². The first-order valence-corrected chi connectivity index (χ1v) is 9.17. The van der Waals surface area contributed by atoms with Crippen LogP contribution in [0.3, 0.4) is 0 Å². The van der Waals surface area contributed by atoms with Crippen molar-refractivity contribution in [1.82, 2.24) is 14.7 Å². The van der Waals surface area contributed by atoms with Crippen LogP contribution in [0.4, 0.5) is 0 Å². The fourth-order valence-electron chi connectivity index (χ4n) is 4.17. The van der Waals surface area contributed by atoms with E-state index in [9.17, 15) is 0 Å². The average Bonchev–Trinajstić information content (AvgIpc) is 3.13. The van der Waals surface area contributed by atoms with Crippen LogP contribution >= 0.6 is 0 Å². The van der Waals surface area contributed by atoms with E-state index in [2.05, 4.69) is 34.3 Å². The molecule has 0 aliphatic carbocycles. The molecule has 1 aromatic carbocycles. The summed E-state index contributed by atoms with van der Waals surface area (Å²) in [5.41, 5.74) is 3.40. The van der Waals surface area contributed by atoms with Crippen molar-refractivity contribution in [2.75, 3.05) is 26.3 Å². The van der Waals surface area contributed by atoms with Crippen molar-refractivity contribution >= 4 is 0 Å². The van der Waals surface area contributed by atoms with Crippen molar-refractivity contribution in [3.63, 3.8) is 0 Å². The molecule has 0 N–H and O–H groups in total. The maximum Gasteiger partial charge on any atom is 0.0662 e. The molecule has 2 aliphatic rings. The second-order valence-electron chi connectivity index (χ2n) is 7.36. The summed E-state index contributed by atoms with van der Waals surface area (Å²) in [6.07, 6.45) is 9.07. The minimum absolute atomic E-state index is 0.573. The average molecular weight is 325 g/mol. The van der Waals surface area contributed by atoms with E-state index in [0.717, 1.165) is 26.3 Å². The van der Waals surface area contributed by atoms with Crippen LogP contribution in [0.25, 0.3) is 0 Å². The Morgan fingerprint density at radius 2 is 1.62 bits per heavy atom. The van der Waals surface area contributed by atoms with Gasteiger partial charge in [-0.3, -0.25) is 9.58 Å². The first kappa shape index (κ1) is 15.9. The van der Waals surface area contributed by atoms with Gasteiger partial charge in [0.1, 0.15) is 0 Å². The molecule has 0 atom stereocenters. The molecule has 24 heavy (non-hydrogen) atoms. The van der Waals surface area contributed by atoms with E-state index in [0.29, 0.717) is 5.41 Å². The molecule has 3 heterocycles. The predicted molar refractivity (Wildman–Crippen MR) is 94.8 cm³/mol. The predicted octanol–water partition coefficient (Wildman–Crippen LogP) is 3.32. The third-order valence-corrected chi connectivity index (χ3v) is 5.87. The lowest BCUT2D eigenvalue weighted by Crippen LogP contribution is -2.42. The molecule has 0 unspecified atom stereocenters. The molecule has 0 bridgehead atoms. The van der Waals surface area contributed by atoms with E-state index >= 15 is 0 Å². The monoisotopic (exact) mass is 325 g/mol. The van der Waals surface area contributed by atoms with Crippen LogP contribution in [-0.4, -0.2) is 41.0 Å². The van der Waals surface area contributed by atoms with Gasteiger partial charge in [-0.2, -0.15) is 5.10 Å². The Balaban J connectivity index is 1.39. The third kappa shape index (κ3) is 3.55. The molecule has 0 radical (unpaired) electrons. The number of aromatic nitrogens is 2. The summed E-state index contributed by atoms with van der Waals surface area (Å²) in [5.74, 6) is 0. The first-order valence-electron chi connectivity index (χ1n) is 9.17. The van der Waals surface area contributed by atoms with Crippen LogP contribution in [0.15, 0.2) is 42.7 Å². The van der Waals surface area contributed by atoms with Crippen molar-refractivity contribution in [2.24, 2.45) is 5.41 Å². The molecule has 4 nitrogen and oxygen atoms in total. The number of nitrogens with zero attached hydrogens (tertiary/aromatic N) is 3. The van der Waals surface area contributed by atoms with Gasteiger partial charge < -0.3 is 4.74 Å². The number of benzene rings is 1. The molecule has 4 rings (SSSR count). The van der Waals surface area contributed by atoms with Gasteiger partial charge in [0.25, 0.3) is 0 Å². The molecule has 2 aromatic rings. The van der Waals surface area contributed by atoms with E-state index in [4.69, 9.17) is 4.74 Å².